The summed E-state index contributed by atoms with van der Waals surface area (Å²) >= 11 is 0. The van der Waals surface area contributed by atoms with Crippen molar-refractivity contribution in [1.29, 1.82) is 0 Å². The Hall–Kier alpha value is -1.08. The molecule has 1 rings (SSSR count). The Balaban J connectivity index is 2.36. The molecular formula is C10H17F2N3O2. The lowest BCUT2D eigenvalue weighted by Crippen LogP contribution is -2.17. The highest BCUT2D eigenvalue weighted by molar-refractivity contribution is 4.93. The lowest BCUT2D eigenvalue weighted by molar-refractivity contribution is 0.0182. The number of ether oxygens (including phenoxy) is 1. The Morgan fingerprint density at radius 3 is 2.71 bits per heavy atom. The number of nitrogens with zero attached hydrogens (tertiary/aromatic N) is 2. The minimum absolute atomic E-state index is 0.139. The molecular weight excluding hydrogens is 232 g/mol. The SMILES string of the molecule is CC(C)[C@H](N)c1nc(CCOCC(F)F)no1. The van der Waals surface area contributed by atoms with Crippen LogP contribution in [0.25, 0.3) is 0 Å². The first-order chi connectivity index (χ1) is 8.00. The normalized spacial score (nSPS) is 13.6. The molecule has 1 heterocycles. The van der Waals surface area contributed by atoms with Crippen LogP contribution in [0.3, 0.4) is 0 Å². The minimum Gasteiger partial charge on any atom is -0.375 e. The average molecular weight is 249 g/mol. The van der Waals surface area contributed by atoms with E-state index in [2.05, 4.69) is 10.1 Å². The zero-order valence-corrected chi connectivity index (χ0v) is 9.90. The Morgan fingerprint density at radius 2 is 2.12 bits per heavy atom. The monoisotopic (exact) mass is 249 g/mol. The quantitative estimate of drug-likeness (QED) is 0.742. The van der Waals surface area contributed by atoms with Gasteiger partial charge in [0, 0.05) is 6.42 Å². The van der Waals surface area contributed by atoms with E-state index in [1.807, 2.05) is 13.8 Å². The molecule has 17 heavy (non-hydrogen) atoms. The summed E-state index contributed by atoms with van der Waals surface area (Å²) in [7, 11) is 0. The first-order valence-electron chi connectivity index (χ1n) is 5.44. The largest absolute Gasteiger partial charge is 0.375 e. The van der Waals surface area contributed by atoms with Crippen LogP contribution in [0.2, 0.25) is 0 Å². The van der Waals surface area contributed by atoms with Gasteiger partial charge in [-0.1, -0.05) is 19.0 Å². The summed E-state index contributed by atoms with van der Waals surface area (Å²) in [5.41, 5.74) is 5.82. The summed E-state index contributed by atoms with van der Waals surface area (Å²) in [4.78, 5) is 4.08. The van der Waals surface area contributed by atoms with Gasteiger partial charge >= 0.3 is 0 Å². The van der Waals surface area contributed by atoms with E-state index in [0.29, 0.717) is 18.1 Å². The smallest absolute Gasteiger partial charge is 0.261 e. The van der Waals surface area contributed by atoms with Gasteiger partial charge in [-0.3, -0.25) is 0 Å². The summed E-state index contributed by atoms with van der Waals surface area (Å²) < 4.78 is 33.2. The average Bonchev–Trinajstić information content (AvgIpc) is 2.71. The molecule has 1 aromatic heterocycles. The van der Waals surface area contributed by atoms with Gasteiger partial charge in [0.05, 0.1) is 12.6 Å². The fourth-order valence-corrected chi connectivity index (χ4v) is 1.13. The molecule has 0 aromatic carbocycles. The fourth-order valence-electron chi connectivity index (χ4n) is 1.13. The van der Waals surface area contributed by atoms with Gasteiger partial charge in [0.1, 0.15) is 6.61 Å². The highest BCUT2D eigenvalue weighted by Crippen LogP contribution is 2.16. The number of aromatic nitrogens is 2. The maximum Gasteiger partial charge on any atom is 0.261 e. The number of alkyl halides is 2. The summed E-state index contributed by atoms with van der Waals surface area (Å²) in [6.07, 6.45) is -2.12. The van der Waals surface area contributed by atoms with Gasteiger partial charge in [-0.05, 0) is 5.92 Å². The second-order valence-electron chi connectivity index (χ2n) is 4.03. The zero-order valence-electron chi connectivity index (χ0n) is 9.90. The maximum absolute atomic E-state index is 11.8. The Morgan fingerprint density at radius 1 is 1.41 bits per heavy atom. The summed E-state index contributed by atoms with van der Waals surface area (Å²) in [6.45, 7) is 3.46. The minimum atomic E-state index is -2.45. The fraction of sp³-hybridized carbons (Fsp3) is 0.800. The predicted octanol–water partition coefficient (Wildman–Crippen LogP) is 1.55. The third-order valence-corrected chi connectivity index (χ3v) is 2.20. The summed E-state index contributed by atoms with van der Waals surface area (Å²) in [5, 5.41) is 3.70. The Labute approximate surface area is 98.3 Å². The molecule has 2 N–H and O–H groups in total. The van der Waals surface area contributed by atoms with Crippen molar-refractivity contribution in [1.82, 2.24) is 10.1 Å². The number of nitrogens with two attached hydrogens (primary N) is 1. The lowest BCUT2D eigenvalue weighted by atomic mass is 10.1. The van der Waals surface area contributed by atoms with Gasteiger partial charge in [-0.25, -0.2) is 8.78 Å². The summed E-state index contributed by atoms with van der Waals surface area (Å²) in [6, 6.07) is -0.307. The van der Waals surface area contributed by atoms with Crippen LogP contribution < -0.4 is 5.73 Å². The molecule has 0 bridgehead atoms. The van der Waals surface area contributed by atoms with Crippen molar-refractivity contribution < 1.29 is 18.0 Å². The molecule has 0 aliphatic rings. The molecule has 0 amide bonds. The van der Waals surface area contributed by atoms with Crippen molar-refractivity contribution in [2.24, 2.45) is 11.7 Å². The van der Waals surface area contributed by atoms with Crippen molar-refractivity contribution >= 4 is 0 Å². The Kier molecular flexibility index (Phi) is 5.43. The van der Waals surface area contributed by atoms with E-state index in [0.717, 1.165) is 0 Å². The van der Waals surface area contributed by atoms with Gasteiger partial charge in [0.15, 0.2) is 5.82 Å². The van der Waals surface area contributed by atoms with Crippen molar-refractivity contribution in [2.45, 2.75) is 32.7 Å². The molecule has 0 saturated carbocycles. The van der Waals surface area contributed by atoms with Crippen molar-refractivity contribution in [2.75, 3.05) is 13.2 Å². The Bertz CT molecular complexity index is 331. The predicted molar refractivity (Wildman–Crippen MR) is 56.6 cm³/mol. The maximum atomic E-state index is 11.8. The summed E-state index contributed by atoms with van der Waals surface area (Å²) in [5.74, 6) is 0.979. The highest BCUT2D eigenvalue weighted by Gasteiger charge is 2.17. The van der Waals surface area contributed by atoms with Crippen LogP contribution >= 0.6 is 0 Å². The van der Waals surface area contributed by atoms with E-state index in [-0.39, 0.29) is 18.6 Å². The van der Waals surface area contributed by atoms with Crippen molar-refractivity contribution in [3.8, 4) is 0 Å². The lowest BCUT2D eigenvalue weighted by Gasteiger charge is -2.09. The molecule has 98 valence electrons. The van der Waals surface area contributed by atoms with E-state index in [1.54, 1.807) is 0 Å². The number of hydrogen-bond donors (Lipinski definition) is 1. The van der Waals surface area contributed by atoms with E-state index in [9.17, 15) is 8.78 Å². The van der Waals surface area contributed by atoms with Gasteiger partial charge < -0.3 is 15.0 Å². The molecule has 1 aromatic rings. The zero-order chi connectivity index (χ0) is 12.8. The first kappa shape index (κ1) is 14.0. The third-order valence-electron chi connectivity index (χ3n) is 2.20. The topological polar surface area (TPSA) is 74.2 Å². The third kappa shape index (κ3) is 4.74. The molecule has 0 aliphatic carbocycles. The first-order valence-corrected chi connectivity index (χ1v) is 5.44. The molecule has 0 unspecified atom stereocenters. The highest BCUT2D eigenvalue weighted by atomic mass is 19.3. The van der Waals surface area contributed by atoms with Gasteiger partial charge in [0.25, 0.3) is 6.43 Å². The van der Waals surface area contributed by atoms with E-state index in [1.165, 1.54) is 0 Å². The van der Waals surface area contributed by atoms with Crippen LogP contribution in [0.15, 0.2) is 4.52 Å². The second-order valence-corrected chi connectivity index (χ2v) is 4.03. The molecule has 5 nitrogen and oxygen atoms in total. The number of rotatable bonds is 7. The van der Waals surface area contributed by atoms with Crippen molar-refractivity contribution in [3.63, 3.8) is 0 Å². The molecule has 0 spiro atoms. The molecule has 0 saturated heterocycles. The van der Waals surface area contributed by atoms with Gasteiger partial charge in [-0.15, -0.1) is 0 Å². The number of halogens is 2. The van der Waals surface area contributed by atoms with E-state index in [4.69, 9.17) is 15.0 Å². The van der Waals surface area contributed by atoms with Crippen LogP contribution in [0.4, 0.5) is 8.78 Å². The van der Waals surface area contributed by atoms with E-state index < -0.39 is 13.0 Å². The van der Waals surface area contributed by atoms with Crippen molar-refractivity contribution in [3.05, 3.63) is 11.7 Å². The molecule has 0 fully saturated rings. The van der Waals surface area contributed by atoms with Crippen LogP contribution in [-0.4, -0.2) is 29.8 Å². The van der Waals surface area contributed by atoms with Crippen LogP contribution in [0, 0.1) is 5.92 Å². The second kappa shape index (κ2) is 6.61. The van der Waals surface area contributed by atoms with Gasteiger partial charge in [0.2, 0.25) is 5.89 Å². The van der Waals surface area contributed by atoms with E-state index >= 15 is 0 Å². The van der Waals surface area contributed by atoms with Gasteiger partial charge in [-0.2, -0.15) is 4.98 Å². The standard InChI is InChI=1S/C10H17F2N3O2/c1-6(2)9(13)10-14-8(15-17-10)3-4-16-5-7(11)12/h6-7,9H,3-5,13H2,1-2H3/t9-/m0/s1. The molecule has 1 atom stereocenters. The van der Waals surface area contributed by atoms with Crippen LogP contribution in [0.5, 0.6) is 0 Å². The van der Waals surface area contributed by atoms with Crippen LogP contribution in [-0.2, 0) is 11.2 Å². The molecule has 0 radical (unpaired) electrons. The number of hydrogen-bond acceptors (Lipinski definition) is 5. The molecule has 0 aliphatic heterocycles. The van der Waals surface area contributed by atoms with Crippen LogP contribution in [0.1, 0.15) is 31.6 Å². The molecule has 7 heteroatoms.